The van der Waals surface area contributed by atoms with Gasteiger partial charge in [0, 0.05) is 43.7 Å². The summed E-state index contributed by atoms with van der Waals surface area (Å²) in [5.41, 5.74) is 5.14. The molecule has 0 radical (unpaired) electrons. The Labute approximate surface area is 216 Å². The topological polar surface area (TPSA) is 90.0 Å². The largest absolute Gasteiger partial charge is 0.322 e. The van der Waals surface area contributed by atoms with Crippen molar-refractivity contribution in [3.63, 3.8) is 0 Å². The van der Waals surface area contributed by atoms with Gasteiger partial charge < -0.3 is 9.80 Å². The lowest BCUT2D eigenvalue weighted by molar-refractivity contribution is -0.137. The molecule has 4 aliphatic heterocycles. The van der Waals surface area contributed by atoms with Gasteiger partial charge in [0.25, 0.3) is 5.91 Å². The number of rotatable bonds is 5. The van der Waals surface area contributed by atoms with E-state index >= 15 is 0 Å². The summed E-state index contributed by atoms with van der Waals surface area (Å²) in [5.74, 6) is -0.108. The van der Waals surface area contributed by atoms with Crippen LogP contribution < -0.4 is 10.2 Å². The molecule has 37 heavy (non-hydrogen) atoms. The minimum atomic E-state index is -0.577. The zero-order valence-corrected chi connectivity index (χ0v) is 20.9. The monoisotopic (exact) mass is 500 g/mol. The van der Waals surface area contributed by atoms with Crippen LogP contribution in [0.5, 0.6) is 0 Å². The third-order valence-corrected chi connectivity index (χ3v) is 8.31. The summed E-state index contributed by atoms with van der Waals surface area (Å²) in [6, 6.07) is 13.9. The molecule has 1 unspecified atom stereocenters. The van der Waals surface area contributed by atoms with E-state index in [2.05, 4.69) is 34.5 Å². The molecule has 0 bridgehead atoms. The maximum absolute atomic E-state index is 13.0. The fraction of sp³-hybridized carbons (Fsp3) is 0.448. The van der Waals surface area contributed by atoms with E-state index in [4.69, 9.17) is 0 Å². The summed E-state index contributed by atoms with van der Waals surface area (Å²) in [6.45, 7) is 4.10. The van der Waals surface area contributed by atoms with E-state index in [0.29, 0.717) is 30.9 Å². The molecule has 1 atom stereocenters. The van der Waals surface area contributed by atoms with E-state index in [1.54, 1.807) is 4.90 Å². The van der Waals surface area contributed by atoms with Gasteiger partial charge in [-0.1, -0.05) is 24.3 Å². The lowest BCUT2D eigenvalue weighted by Crippen LogP contribution is -2.52. The average Bonchev–Trinajstić information content (AvgIpc) is 3.47. The van der Waals surface area contributed by atoms with Crippen molar-refractivity contribution in [3.05, 3.63) is 64.7 Å². The summed E-state index contributed by atoms with van der Waals surface area (Å²) in [7, 11) is 0. The summed E-state index contributed by atoms with van der Waals surface area (Å²) >= 11 is 0. The Morgan fingerprint density at radius 1 is 0.892 bits per heavy atom. The van der Waals surface area contributed by atoms with Gasteiger partial charge in [-0.3, -0.25) is 29.4 Å². The quantitative estimate of drug-likeness (QED) is 0.638. The molecule has 2 aromatic carbocycles. The second kappa shape index (κ2) is 9.74. The van der Waals surface area contributed by atoms with Crippen LogP contribution in [0.25, 0.3) is 0 Å². The number of likely N-dealkylation sites (tertiary alicyclic amines) is 1. The molecule has 192 valence electrons. The highest BCUT2D eigenvalue weighted by Crippen LogP contribution is 2.34. The highest BCUT2D eigenvalue weighted by Gasteiger charge is 2.39. The third-order valence-electron chi connectivity index (χ3n) is 8.31. The van der Waals surface area contributed by atoms with Crippen molar-refractivity contribution in [2.24, 2.45) is 0 Å². The molecule has 4 heterocycles. The number of nitrogens with one attached hydrogen (secondary N) is 1. The van der Waals surface area contributed by atoms with Crippen LogP contribution in [0.3, 0.4) is 0 Å². The van der Waals surface area contributed by atoms with Crippen molar-refractivity contribution in [2.45, 2.75) is 63.6 Å². The van der Waals surface area contributed by atoms with Crippen molar-refractivity contribution >= 4 is 29.3 Å². The van der Waals surface area contributed by atoms with Crippen LogP contribution in [0.15, 0.2) is 42.5 Å². The lowest BCUT2D eigenvalue weighted by Gasteiger charge is -2.32. The lowest BCUT2D eigenvalue weighted by atomic mass is 9.87. The molecule has 8 nitrogen and oxygen atoms in total. The fourth-order valence-corrected chi connectivity index (χ4v) is 6.27. The van der Waals surface area contributed by atoms with Crippen LogP contribution in [-0.4, -0.2) is 59.1 Å². The number of imide groups is 1. The Bertz CT molecular complexity index is 1270. The first kappa shape index (κ1) is 23.9. The number of nitrogens with zero attached hydrogens (tertiary/aromatic N) is 3. The first-order valence-corrected chi connectivity index (χ1v) is 13.4. The minimum absolute atomic E-state index is 0.122. The molecular weight excluding hydrogens is 468 g/mol. The number of benzene rings is 2. The molecular formula is C29H32N4O4. The van der Waals surface area contributed by atoms with Crippen molar-refractivity contribution in [2.75, 3.05) is 24.5 Å². The summed E-state index contributed by atoms with van der Waals surface area (Å²) in [6.07, 6.45) is 4.32. The van der Waals surface area contributed by atoms with Crippen LogP contribution in [0, 0.1) is 0 Å². The molecule has 3 saturated heterocycles. The number of hydrogen-bond donors (Lipinski definition) is 1. The zero-order valence-electron chi connectivity index (χ0n) is 20.9. The standard InChI is InChI=1S/C29H32N4O4/c34-26-9-8-25(28(36)30-26)33-18-22-16-21(6-7-24(22)29(33)37)20-10-13-31(14-11-20)17-19-3-1-4-23(15-19)32-12-2-5-27(32)35/h1,3-4,6-7,15-16,20,25H,2,5,8-14,17-18H2,(H,30,34,36). The number of anilines is 1. The van der Waals surface area contributed by atoms with E-state index in [9.17, 15) is 19.2 Å². The van der Waals surface area contributed by atoms with Crippen LogP contribution in [0.4, 0.5) is 5.69 Å². The van der Waals surface area contributed by atoms with Crippen LogP contribution in [0.2, 0.25) is 0 Å². The van der Waals surface area contributed by atoms with Gasteiger partial charge in [0.1, 0.15) is 6.04 Å². The molecule has 1 N–H and O–H groups in total. The molecule has 6 rings (SSSR count). The van der Waals surface area contributed by atoms with E-state index in [0.717, 1.165) is 56.7 Å². The van der Waals surface area contributed by atoms with Crippen LogP contribution in [0.1, 0.15) is 71.5 Å². The highest BCUT2D eigenvalue weighted by atomic mass is 16.2. The number of carbonyl (C=O) groups excluding carboxylic acids is 4. The van der Waals surface area contributed by atoms with E-state index < -0.39 is 6.04 Å². The Morgan fingerprint density at radius 2 is 1.73 bits per heavy atom. The molecule has 8 heteroatoms. The molecule has 0 aliphatic carbocycles. The zero-order chi connectivity index (χ0) is 25.5. The van der Waals surface area contributed by atoms with Gasteiger partial charge in [-0.15, -0.1) is 0 Å². The number of hydrogen-bond acceptors (Lipinski definition) is 5. The first-order valence-electron chi connectivity index (χ1n) is 13.4. The Kier molecular flexibility index (Phi) is 6.28. The molecule has 4 amide bonds. The van der Waals surface area contributed by atoms with Crippen molar-refractivity contribution in [1.82, 2.24) is 15.1 Å². The summed E-state index contributed by atoms with van der Waals surface area (Å²) in [4.78, 5) is 54.9. The Hall–Kier alpha value is -3.52. The molecule has 3 fully saturated rings. The maximum atomic E-state index is 13.0. The van der Waals surface area contributed by atoms with Crippen molar-refractivity contribution in [1.29, 1.82) is 0 Å². The van der Waals surface area contributed by atoms with Crippen LogP contribution in [-0.2, 0) is 27.5 Å². The van der Waals surface area contributed by atoms with E-state index in [1.807, 2.05) is 23.1 Å². The smallest absolute Gasteiger partial charge is 0.255 e. The SMILES string of the molecule is O=C1CCC(N2Cc3cc(C4CCN(Cc5cccc(N6CCCC6=O)c5)CC4)ccc3C2=O)C(=O)N1. The number of piperidine rings is 2. The van der Waals surface area contributed by atoms with Gasteiger partial charge in [0.05, 0.1) is 0 Å². The number of fused-ring (bicyclic) bond motifs is 1. The number of carbonyl (C=O) groups is 4. The Morgan fingerprint density at radius 3 is 2.49 bits per heavy atom. The fourth-order valence-electron chi connectivity index (χ4n) is 6.27. The maximum Gasteiger partial charge on any atom is 0.255 e. The van der Waals surface area contributed by atoms with Gasteiger partial charge in [0.2, 0.25) is 17.7 Å². The van der Waals surface area contributed by atoms with Crippen molar-refractivity contribution < 1.29 is 19.2 Å². The Balaban J connectivity index is 1.07. The predicted molar refractivity (Wildman–Crippen MR) is 138 cm³/mol. The van der Waals surface area contributed by atoms with Crippen molar-refractivity contribution in [3.8, 4) is 0 Å². The average molecular weight is 501 g/mol. The second-order valence-corrected chi connectivity index (χ2v) is 10.7. The molecule has 4 aliphatic rings. The highest BCUT2D eigenvalue weighted by molar-refractivity contribution is 6.05. The predicted octanol–water partition coefficient (Wildman–Crippen LogP) is 2.95. The first-order chi connectivity index (χ1) is 18.0. The van der Waals surface area contributed by atoms with Gasteiger partial charge in [0.15, 0.2) is 0 Å². The summed E-state index contributed by atoms with van der Waals surface area (Å²) in [5, 5.41) is 2.36. The third kappa shape index (κ3) is 4.66. The number of amides is 4. The minimum Gasteiger partial charge on any atom is -0.322 e. The summed E-state index contributed by atoms with van der Waals surface area (Å²) < 4.78 is 0. The van der Waals surface area contributed by atoms with E-state index in [1.165, 1.54) is 11.1 Å². The van der Waals surface area contributed by atoms with Gasteiger partial charge in [-0.2, -0.15) is 0 Å². The normalized spacial score (nSPS) is 23.1. The van der Waals surface area contributed by atoms with Gasteiger partial charge >= 0.3 is 0 Å². The van der Waals surface area contributed by atoms with Crippen LogP contribution >= 0.6 is 0 Å². The molecule has 0 spiro atoms. The molecule has 0 saturated carbocycles. The molecule has 0 aromatic heterocycles. The molecule has 2 aromatic rings. The van der Waals surface area contributed by atoms with Gasteiger partial charge in [-0.25, -0.2) is 0 Å². The van der Waals surface area contributed by atoms with E-state index in [-0.39, 0.29) is 30.0 Å². The van der Waals surface area contributed by atoms with Gasteiger partial charge in [-0.05, 0) is 79.6 Å². The second-order valence-electron chi connectivity index (χ2n) is 10.7.